The Morgan fingerprint density at radius 3 is 1.60 bits per heavy atom. The Labute approximate surface area is 162 Å². The smallest absolute Gasteiger partial charge is 0.0903 e. The van der Waals surface area contributed by atoms with Crippen molar-refractivity contribution in [2.24, 2.45) is 0 Å². The molecule has 2 aliphatic rings. The van der Waals surface area contributed by atoms with Crippen molar-refractivity contribution in [3.05, 3.63) is 47.5 Å². The Bertz CT molecular complexity index is 691. The highest BCUT2D eigenvalue weighted by Gasteiger charge is 2.23. The summed E-state index contributed by atoms with van der Waals surface area (Å²) in [4.78, 5) is 5.33. The van der Waals surface area contributed by atoms with Crippen molar-refractivity contribution in [2.75, 3.05) is 24.7 Å². The summed E-state index contributed by atoms with van der Waals surface area (Å²) >= 11 is 5.64. The molecule has 5 heteroatoms. The molecule has 0 aromatic heterocycles. The normalized spacial score (nSPS) is 21.4. The zero-order valence-electron chi connectivity index (χ0n) is 14.5. The van der Waals surface area contributed by atoms with Gasteiger partial charge in [-0.1, -0.05) is 11.8 Å². The van der Waals surface area contributed by atoms with Gasteiger partial charge in [0.2, 0.25) is 0 Å². The second-order valence-corrected chi connectivity index (χ2v) is 9.76. The summed E-state index contributed by atoms with van der Waals surface area (Å²) in [7, 11) is 0. The van der Waals surface area contributed by atoms with E-state index in [9.17, 15) is 0 Å². The van der Waals surface area contributed by atoms with E-state index in [1.807, 2.05) is 35.3 Å². The van der Waals surface area contributed by atoms with Gasteiger partial charge in [-0.3, -0.25) is 0 Å². The van der Waals surface area contributed by atoms with Gasteiger partial charge in [0.15, 0.2) is 0 Å². The highest BCUT2D eigenvalue weighted by molar-refractivity contribution is 8.00. The van der Waals surface area contributed by atoms with Gasteiger partial charge in [0.1, 0.15) is 0 Å². The zero-order valence-corrected chi connectivity index (χ0v) is 16.9. The van der Waals surface area contributed by atoms with Crippen molar-refractivity contribution in [2.45, 2.75) is 45.6 Å². The van der Waals surface area contributed by atoms with E-state index in [4.69, 9.17) is 9.47 Å². The number of epoxide rings is 2. The van der Waals surface area contributed by atoms with Crippen molar-refractivity contribution >= 4 is 35.3 Å². The van der Waals surface area contributed by atoms with Crippen LogP contribution in [-0.2, 0) is 9.47 Å². The molecule has 0 bridgehead atoms. The van der Waals surface area contributed by atoms with Gasteiger partial charge < -0.3 is 9.47 Å². The monoisotopic (exact) mass is 390 g/mol. The van der Waals surface area contributed by atoms with Gasteiger partial charge in [0.25, 0.3) is 0 Å². The molecule has 2 heterocycles. The number of aryl methyl sites for hydroxylation is 2. The summed E-state index contributed by atoms with van der Waals surface area (Å²) in [5.41, 5.74) is 2.70. The van der Waals surface area contributed by atoms with E-state index < -0.39 is 0 Å². The minimum Gasteiger partial charge on any atom is -0.372 e. The molecule has 2 aromatic carbocycles. The molecule has 0 saturated carbocycles. The number of hydrogen-bond acceptors (Lipinski definition) is 5. The first-order valence-electron chi connectivity index (χ1n) is 8.55. The van der Waals surface area contributed by atoms with Crippen molar-refractivity contribution in [3.63, 3.8) is 0 Å². The molecule has 0 spiro atoms. The van der Waals surface area contributed by atoms with Crippen LogP contribution in [0.3, 0.4) is 0 Å². The molecule has 2 atom stereocenters. The molecule has 25 heavy (non-hydrogen) atoms. The van der Waals surface area contributed by atoms with E-state index in [0.717, 1.165) is 24.7 Å². The van der Waals surface area contributed by atoms with E-state index >= 15 is 0 Å². The molecule has 2 unspecified atom stereocenters. The predicted octanol–water partition coefficient (Wildman–Crippen LogP) is 5.44. The standard InChI is InChI=1S/C20H22O2S3/c1-13-7-17(3-5-19(13)23-11-15-9-21-15)25-18-4-6-20(14(2)8-18)24-12-16-10-22-16/h3-8,15-16H,9-12H2,1-2H3. The third-order valence-corrected chi connectivity index (χ3v) is 7.78. The van der Waals surface area contributed by atoms with Crippen LogP contribution in [0.4, 0.5) is 0 Å². The molecule has 2 aliphatic heterocycles. The Balaban J connectivity index is 1.38. The van der Waals surface area contributed by atoms with E-state index in [1.54, 1.807) is 0 Å². The summed E-state index contributed by atoms with van der Waals surface area (Å²) in [6, 6.07) is 13.5. The van der Waals surface area contributed by atoms with Crippen LogP contribution in [0, 0.1) is 13.8 Å². The minimum atomic E-state index is 0.476. The van der Waals surface area contributed by atoms with Gasteiger partial charge in [-0.05, 0) is 61.4 Å². The van der Waals surface area contributed by atoms with Gasteiger partial charge in [-0.15, -0.1) is 23.5 Å². The molecule has 2 saturated heterocycles. The fourth-order valence-electron chi connectivity index (χ4n) is 2.52. The molecule has 2 fully saturated rings. The summed E-state index contributed by atoms with van der Waals surface area (Å²) in [6.45, 7) is 6.26. The summed E-state index contributed by atoms with van der Waals surface area (Å²) < 4.78 is 10.6. The molecule has 132 valence electrons. The average Bonchev–Trinajstić information content (AvgIpc) is 3.48. The molecule has 0 N–H and O–H groups in total. The predicted molar refractivity (Wildman–Crippen MR) is 107 cm³/mol. The molecular formula is C20H22O2S3. The Hall–Kier alpha value is -0.590. The highest BCUT2D eigenvalue weighted by atomic mass is 32.2. The first kappa shape index (κ1) is 17.8. The van der Waals surface area contributed by atoms with Crippen LogP contribution in [0.5, 0.6) is 0 Å². The summed E-state index contributed by atoms with van der Waals surface area (Å²) in [5.74, 6) is 2.13. The number of ether oxygens (including phenoxy) is 2. The summed E-state index contributed by atoms with van der Waals surface area (Å²) in [6.07, 6.45) is 0.952. The average molecular weight is 391 g/mol. The zero-order chi connectivity index (χ0) is 17.2. The van der Waals surface area contributed by atoms with E-state index in [1.165, 1.54) is 30.7 Å². The lowest BCUT2D eigenvalue weighted by molar-refractivity contribution is 0.426. The van der Waals surface area contributed by atoms with Gasteiger partial charge in [0.05, 0.1) is 25.4 Å². The van der Waals surface area contributed by atoms with Crippen LogP contribution >= 0.6 is 35.3 Å². The summed E-state index contributed by atoms with van der Waals surface area (Å²) in [5, 5.41) is 0. The van der Waals surface area contributed by atoms with Crippen LogP contribution < -0.4 is 0 Å². The molecule has 0 amide bonds. The number of rotatable bonds is 8. The number of benzene rings is 2. The van der Waals surface area contributed by atoms with Gasteiger partial charge in [-0.2, -0.15) is 0 Å². The van der Waals surface area contributed by atoms with Crippen molar-refractivity contribution in [3.8, 4) is 0 Å². The van der Waals surface area contributed by atoms with Gasteiger partial charge >= 0.3 is 0 Å². The third kappa shape index (κ3) is 5.20. The maximum Gasteiger partial charge on any atom is 0.0903 e. The fourth-order valence-corrected chi connectivity index (χ4v) is 5.56. The van der Waals surface area contributed by atoms with E-state index in [0.29, 0.717) is 12.2 Å². The lowest BCUT2D eigenvalue weighted by Gasteiger charge is -2.10. The lowest BCUT2D eigenvalue weighted by atomic mass is 10.2. The quantitative estimate of drug-likeness (QED) is 0.442. The maximum atomic E-state index is 5.29. The van der Waals surface area contributed by atoms with Crippen LogP contribution in [0.1, 0.15) is 11.1 Å². The maximum absolute atomic E-state index is 5.29. The second-order valence-electron chi connectivity index (χ2n) is 6.49. The van der Waals surface area contributed by atoms with Crippen LogP contribution in [0.25, 0.3) is 0 Å². The topological polar surface area (TPSA) is 25.1 Å². The Morgan fingerprint density at radius 1 is 0.800 bits per heavy atom. The van der Waals surface area contributed by atoms with E-state index in [2.05, 4.69) is 50.2 Å². The second kappa shape index (κ2) is 7.97. The minimum absolute atomic E-state index is 0.476. The van der Waals surface area contributed by atoms with E-state index in [-0.39, 0.29) is 0 Å². The molecule has 2 nitrogen and oxygen atoms in total. The SMILES string of the molecule is Cc1cc(Sc2ccc(SCC3CO3)c(C)c2)ccc1SCC1CO1. The molecule has 0 aliphatic carbocycles. The Morgan fingerprint density at radius 2 is 1.24 bits per heavy atom. The number of thioether (sulfide) groups is 2. The van der Waals surface area contributed by atoms with Crippen LogP contribution in [-0.4, -0.2) is 36.9 Å². The fraction of sp³-hybridized carbons (Fsp3) is 0.400. The molecule has 4 rings (SSSR count). The van der Waals surface area contributed by atoms with Gasteiger partial charge in [0, 0.05) is 31.1 Å². The lowest BCUT2D eigenvalue weighted by Crippen LogP contribution is -1.91. The first-order valence-corrected chi connectivity index (χ1v) is 11.3. The largest absolute Gasteiger partial charge is 0.372 e. The van der Waals surface area contributed by atoms with Gasteiger partial charge in [-0.25, -0.2) is 0 Å². The third-order valence-electron chi connectivity index (χ3n) is 4.18. The molecule has 2 aromatic rings. The molecular weight excluding hydrogens is 368 g/mol. The van der Waals surface area contributed by atoms with Crippen molar-refractivity contribution in [1.29, 1.82) is 0 Å². The first-order chi connectivity index (χ1) is 12.2. The number of hydrogen-bond donors (Lipinski definition) is 0. The van der Waals surface area contributed by atoms with Crippen molar-refractivity contribution < 1.29 is 9.47 Å². The highest BCUT2D eigenvalue weighted by Crippen LogP contribution is 2.35. The van der Waals surface area contributed by atoms with Crippen LogP contribution in [0.2, 0.25) is 0 Å². The molecule has 0 radical (unpaired) electrons. The Kier molecular flexibility index (Phi) is 5.68. The van der Waals surface area contributed by atoms with Crippen molar-refractivity contribution in [1.82, 2.24) is 0 Å². The van der Waals surface area contributed by atoms with Crippen LogP contribution in [0.15, 0.2) is 56.0 Å².